The van der Waals surface area contributed by atoms with Gasteiger partial charge in [-0.15, -0.1) is 12.4 Å². The first-order chi connectivity index (χ1) is 7.75. The summed E-state index contributed by atoms with van der Waals surface area (Å²) in [6, 6.07) is 9.28. The molecule has 0 radical (unpaired) electrons. The predicted octanol–water partition coefficient (Wildman–Crippen LogP) is 4.22. The first kappa shape index (κ1) is 14.5. The first-order valence-electron chi connectivity index (χ1n) is 6.49. The number of hydrogen-bond donors (Lipinski definition) is 0. The maximum atomic E-state index is 2.34. The zero-order valence-electron chi connectivity index (χ0n) is 11.0. The quantitative estimate of drug-likeness (QED) is 0.780. The zero-order valence-corrected chi connectivity index (χ0v) is 11.8. The number of hydrogen-bond acceptors (Lipinski definition) is 1. The van der Waals surface area contributed by atoms with Crippen molar-refractivity contribution in [3.05, 3.63) is 35.4 Å². The topological polar surface area (TPSA) is 3.24 Å². The van der Waals surface area contributed by atoms with E-state index in [0.29, 0.717) is 0 Å². The molecule has 2 heteroatoms. The highest BCUT2D eigenvalue weighted by atomic mass is 35.5. The van der Waals surface area contributed by atoms with Gasteiger partial charge >= 0.3 is 0 Å². The maximum Gasteiger partial charge on any atom is 0.0227 e. The maximum absolute atomic E-state index is 2.34. The molecule has 0 aliphatic heterocycles. The summed E-state index contributed by atoms with van der Waals surface area (Å²) in [5.41, 5.74) is 2.98. The number of halogens is 1. The van der Waals surface area contributed by atoms with Gasteiger partial charge in [0.2, 0.25) is 0 Å². The fourth-order valence-electron chi connectivity index (χ4n) is 2.70. The molecule has 0 amide bonds. The summed E-state index contributed by atoms with van der Waals surface area (Å²) in [5.74, 6) is 0.835. The van der Waals surface area contributed by atoms with Crippen LogP contribution in [0.15, 0.2) is 24.3 Å². The summed E-state index contributed by atoms with van der Waals surface area (Å²) in [7, 11) is 4.24. The fourth-order valence-corrected chi connectivity index (χ4v) is 2.70. The van der Waals surface area contributed by atoms with Crippen LogP contribution in [0.3, 0.4) is 0 Å². The van der Waals surface area contributed by atoms with Crippen molar-refractivity contribution in [2.45, 2.75) is 44.6 Å². The zero-order chi connectivity index (χ0) is 11.4. The highest BCUT2D eigenvalue weighted by Gasteiger charge is 2.14. The van der Waals surface area contributed by atoms with Crippen LogP contribution in [0, 0.1) is 0 Å². The van der Waals surface area contributed by atoms with Gasteiger partial charge in [0, 0.05) is 6.54 Å². The largest absolute Gasteiger partial charge is 0.305 e. The molecule has 1 aromatic rings. The Kier molecular flexibility index (Phi) is 6.01. The van der Waals surface area contributed by atoms with E-state index in [0.717, 1.165) is 12.5 Å². The Morgan fingerprint density at radius 2 is 1.59 bits per heavy atom. The summed E-state index contributed by atoms with van der Waals surface area (Å²) in [6.45, 7) is 1.05. The normalized spacial score (nSPS) is 16.9. The van der Waals surface area contributed by atoms with Crippen LogP contribution in [0.5, 0.6) is 0 Å². The second-order valence-corrected chi connectivity index (χ2v) is 5.31. The van der Waals surface area contributed by atoms with Crippen molar-refractivity contribution < 1.29 is 0 Å². The van der Waals surface area contributed by atoms with E-state index in [9.17, 15) is 0 Å². The molecule has 0 saturated heterocycles. The Morgan fingerprint density at radius 3 is 2.12 bits per heavy atom. The van der Waals surface area contributed by atoms with Gasteiger partial charge in [-0.25, -0.2) is 0 Å². The number of rotatable bonds is 3. The summed E-state index contributed by atoms with van der Waals surface area (Å²) in [6.07, 6.45) is 7.07. The minimum atomic E-state index is 0. The lowest BCUT2D eigenvalue weighted by molar-refractivity contribution is 0.402. The molecule has 96 valence electrons. The molecule has 1 saturated carbocycles. The molecule has 1 aromatic carbocycles. The van der Waals surface area contributed by atoms with Crippen molar-refractivity contribution in [2.75, 3.05) is 14.1 Å². The standard InChI is InChI=1S/C15H23N.ClH/c1-16(2)12-13-8-10-15(11-9-13)14-6-4-3-5-7-14;/h8-11,14H,3-7,12H2,1-2H3;1H. The van der Waals surface area contributed by atoms with E-state index in [1.165, 1.54) is 37.7 Å². The third kappa shape index (κ3) is 4.33. The molecular weight excluding hydrogens is 230 g/mol. The van der Waals surface area contributed by atoms with Crippen LogP contribution in [0.2, 0.25) is 0 Å². The average molecular weight is 254 g/mol. The predicted molar refractivity (Wildman–Crippen MR) is 76.9 cm³/mol. The Bertz CT molecular complexity index is 312. The second-order valence-electron chi connectivity index (χ2n) is 5.31. The smallest absolute Gasteiger partial charge is 0.0227 e. The number of benzene rings is 1. The van der Waals surface area contributed by atoms with E-state index in [1.54, 1.807) is 5.56 Å². The highest BCUT2D eigenvalue weighted by Crippen LogP contribution is 2.32. The summed E-state index contributed by atoms with van der Waals surface area (Å²) in [5, 5.41) is 0. The van der Waals surface area contributed by atoms with Crippen LogP contribution in [0.25, 0.3) is 0 Å². The van der Waals surface area contributed by atoms with Crippen LogP contribution < -0.4 is 0 Å². The van der Waals surface area contributed by atoms with Crippen molar-refractivity contribution >= 4 is 12.4 Å². The minimum absolute atomic E-state index is 0. The third-order valence-corrected chi connectivity index (χ3v) is 3.56. The molecule has 1 nitrogen and oxygen atoms in total. The van der Waals surface area contributed by atoms with Gasteiger partial charge in [-0.2, -0.15) is 0 Å². The lowest BCUT2D eigenvalue weighted by Crippen LogP contribution is -2.10. The van der Waals surface area contributed by atoms with Gasteiger partial charge < -0.3 is 4.90 Å². The SMILES string of the molecule is CN(C)Cc1ccc(C2CCCCC2)cc1.Cl. The summed E-state index contributed by atoms with van der Waals surface area (Å²) < 4.78 is 0. The molecule has 1 aliphatic rings. The Hall–Kier alpha value is -0.530. The van der Waals surface area contributed by atoms with Gasteiger partial charge in [0.1, 0.15) is 0 Å². The van der Waals surface area contributed by atoms with Gasteiger partial charge in [-0.05, 0) is 44.0 Å². The van der Waals surface area contributed by atoms with Gasteiger partial charge in [0.15, 0.2) is 0 Å². The van der Waals surface area contributed by atoms with Crippen LogP contribution in [0.4, 0.5) is 0 Å². The molecular formula is C15H24ClN. The van der Waals surface area contributed by atoms with Crippen molar-refractivity contribution in [1.82, 2.24) is 4.90 Å². The summed E-state index contributed by atoms with van der Waals surface area (Å²) in [4.78, 5) is 2.22. The molecule has 17 heavy (non-hydrogen) atoms. The Balaban J connectivity index is 0.00000144. The molecule has 0 heterocycles. The Labute approximate surface area is 112 Å². The molecule has 0 aromatic heterocycles. The Morgan fingerprint density at radius 1 is 1.00 bits per heavy atom. The van der Waals surface area contributed by atoms with Crippen molar-refractivity contribution in [1.29, 1.82) is 0 Å². The van der Waals surface area contributed by atoms with E-state index in [4.69, 9.17) is 0 Å². The van der Waals surface area contributed by atoms with Gasteiger partial charge in [-0.1, -0.05) is 43.5 Å². The molecule has 0 bridgehead atoms. The first-order valence-corrected chi connectivity index (χ1v) is 6.49. The van der Waals surface area contributed by atoms with Gasteiger partial charge in [0.25, 0.3) is 0 Å². The fraction of sp³-hybridized carbons (Fsp3) is 0.600. The molecule has 0 N–H and O–H groups in total. The lowest BCUT2D eigenvalue weighted by Gasteiger charge is -2.22. The van der Waals surface area contributed by atoms with E-state index in [2.05, 4.69) is 43.3 Å². The van der Waals surface area contributed by atoms with Crippen LogP contribution in [-0.4, -0.2) is 19.0 Å². The van der Waals surface area contributed by atoms with E-state index < -0.39 is 0 Å². The molecule has 2 rings (SSSR count). The monoisotopic (exact) mass is 253 g/mol. The molecule has 0 unspecified atom stereocenters. The highest BCUT2D eigenvalue weighted by molar-refractivity contribution is 5.85. The van der Waals surface area contributed by atoms with Crippen LogP contribution in [-0.2, 0) is 6.54 Å². The summed E-state index contributed by atoms with van der Waals surface area (Å²) >= 11 is 0. The third-order valence-electron chi connectivity index (χ3n) is 3.56. The lowest BCUT2D eigenvalue weighted by atomic mass is 9.84. The second kappa shape index (κ2) is 7.03. The van der Waals surface area contributed by atoms with Crippen molar-refractivity contribution in [2.24, 2.45) is 0 Å². The molecule has 1 fully saturated rings. The van der Waals surface area contributed by atoms with E-state index >= 15 is 0 Å². The van der Waals surface area contributed by atoms with Crippen molar-refractivity contribution in [3.63, 3.8) is 0 Å². The minimum Gasteiger partial charge on any atom is -0.305 e. The number of nitrogens with zero attached hydrogens (tertiary/aromatic N) is 1. The van der Waals surface area contributed by atoms with Gasteiger partial charge in [0.05, 0.1) is 0 Å². The van der Waals surface area contributed by atoms with E-state index in [1.807, 2.05) is 0 Å². The molecule has 0 spiro atoms. The van der Waals surface area contributed by atoms with E-state index in [-0.39, 0.29) is 12.4 Å². The van der Waals surface area contributed by atoms with Gasteiger partial charge in [-0.3, -0.25) is 0 Å². The van der Waals surface area contributed by atoms with Crippen LogP contribution in [0.1, 0.15) is 49.1 Å². The molecule has 1 aliphatic carbocycles. The average Bonchev–Trinajstić information content (AvgIpc) is 2.30. The molecule has 0 atom stereocenters. The van der Waals surface area contributed by atoms with Crippen molar-refractivity contribution in [3.8, 4) is 0 Å². The van der Waals surface area contributed by atoms with Crippen LogP contribution >= 0.6 is 12.4 Å².